The second-order valence-corrected chi connectivity index (χ2v) is 5.74. The van der Waals surface area contributed by atoms with Gasteiger partial charge in [0.05, 0.1) is 5.54 Å². The van der Waals surface area contributed by atoms with Crippen molar-refractivity contribution in [3.05, 3.63) is 29.8 Å². The molecule has 0 aliphatic carbocycles. The summed E-state index contributed by atoms with van der Waals surface area (Å²) in [6.07, 6.45) is 1.13. The number of hydrogen-bond acceptors (Lipinski definition) is 3. The molecule has 3 nitrogen and oxygen atoms in total. The van der Waals surface area contributed by atoms with Crippen LogP contribution < -0.4 is 10.6 Å². The Bertz CT molecular complexity index is 406. The highest BCUT2D eigenvalue weighted by molar-refractivity contribution is 5.55. The lowest BCUT2D eigenvalue weighted by Gasteiger charge is -2.40. The molecule has 1 aliphatic rings. The predicted octanol–water partition coefficient (Wildman–Crippen LogP) is 1.85. The average molecular weight is 247 g/mol. The minimum Gasteiger partial charge on any atom is -0.366 e. The normalized spacial score (nSPS) is 28.6. The zero-order valence-electron chi connectivity index (χ0n) is 12.0. The van der Waals surface area contributed by atoms with Gasteiger partial charge in [-0.2, -0.15) is 0 Å². The first-order valence-electron chi connectivity index (χ1n) is 6.70. The molecule has 1 aromatic rings. The number of rotatable bonds is 3. The van der Waals surface area contributed by atoms with Crippen molar-refractivity contribution < 1.29 is 0 Å². The number of benzene rings is 1. The van der Waals surface area contributed by atoms with Crippen molar-refractivity contribution in [2.75, 3.05) is 32.1 Å². The van der Waals surface area contributed by atoms with Crippen molar-refractivity contribution in [1.29, 1.82) is 0 Å². The highest BCUT2D eigenvalue weighted by atomic mass is 15.3. The van der Waals surface area contributed by atoms with Gasteiger partial charge < -0.3 is 15.5 Å². The number of hydrogen-bond donors (Lipinski definition) is 1. The molecular formula is C15H25N3. The van der Waals surface area contributed by atoms with E-state index >= 15 is 0 Å². The third kappa shape index (κ3) is 2.13. The smallest absolute Gasteiger partial charge is 0.0662 e. The van der Waals surface area contributed by atoms with E-state index in [4.69, 9.17) is 5.73 Å². The topological polar surface area (TPSA) is 32.5 Å². The van der Waals surface area contributed by atoms with Gasteiger partial charge in [0.1, 0.15) is 0 Å². The molecular weight excluding hydrogens is 222 g/mol. The molecule has 2 unspecified atom stereocenters. The first kappa shape index (κ1) is 13.4. The summed E-state index contributed by atoms with van der Waals surface area (Å²) < 4.78 is 0. The van der Waals surface area contributed by atoms with Gasteiger partial charge in [-0.25, -0.2) is 0 Å². The summed E-state index contributed by atoms with van der Waals surface area (Å²) in [5, 5.41) is 0. The van der Waals surface area contributed by atoms with Gasteiger partial charge in [0, 0.05) is 31.9 Å². The Balaban J connectivity index is 2.32. The quantitative estimate of drug-likeness (QED) is 0.885. The van der Waals surface area contributed by atoms with E-state index in [-0.39, 0.29) is 5.54 Å². The third-order valence-corrected chi connectivity index (χ3v) is 4.54. The first-order valence-corrected chi connectivity index (χ1v) is 6.70. The maximum absolute atomic E-state index is 6.11. The maximum Gasteiger partial charge on any atom is 0.0662 e. The van der Waals surface area contributed by atoms with Crippen molar-refractivity contribution in [2.45, 2.75) is 31.8 Å². The number of aryl methyl sites for hydroxylation is 1. The minimum absolute atomic E-state index is 0.0697. The molecule has 2 rings (SSSR count). The Kier molecular flexibility index (Phi) is 3.64. The van der Waals surface area contributed by atoms with Gasteiger partial charge in [-0.3, -0.25) is 0 Å². The first-order chi connectivity index (χ1) is 8.50. The van der Waals surface area contributed by atoms with E-state index in [1.54, 1.807) is 0 Å². The average Bonchev–Trinajstić information content (AvgIpc) is 2.66. The lowest BCUT2D eigenvalue weighted by atomic mass is 9.93. The number of para-hydroxylation sites is 1. The molecule has 0 saturated carbocycles. The van der Waals surface area contributed by atoms with Gasteiger partial charge in [0.25, 0.3) is 0 Å². The van der Waals surface area contributed by atoms with E-state index in [1.165, 1.54) is 11.3 Å². The summed E-state index contributed by atoms with van der Waals surface area (Å²) >= 11 is 0. The lowest BCUT2D eigenvalue weighted by Crippen LogP contribution is -2.54. The van der Waals surface area contributed by atoms with Crippen LogP contribution in [0.25, 0.3) is 0 Å². The molecule has 2 N–H and O–H groups in total. The summed E-state index contributed by atoms with van der Waals surface area (Å²) in [7, 11) is 4.37. The molecule has 18 heavy (non-hydrogen) atoms. The molecule has 0 radical (unpaired) electrons. The SMILES string of the molecule is Cc1ccccc1N(C)C1(CN)CC(C)N(C)C1. The van der Waals surface area contributed by atoms with Crippen molar-refractivity contribution >= 4 is 5.69 Å². The zero-order valence-corrected chi connectivity index (χ0v) is 12.0. The molecule has 1 heterocycles. The predicted molar refractivity (Wildman–Crippen MR) is 78.1 cm³/mol. The van der Waals surface area contributed by atoms with Crippen LogP contribution in [0.5, 0.6) is 0 Å². The molecule has 2 atom stereocenters. The van der Waals surface area contributed by atoms with Crippen LogP contribution in [0.4, 0.5) is 5.69 Å². The number of nitrogens with zero attached hydrogens (tertiary/aromatic N) is 2. The van der Waals surface area contributed by atoms with Crippen LogP contribution >= 0.6 is 0 Å². The second kappa shape index (κ2) is 4.90. The second-order valence-electron chi connectivity index (χ2n) is 5.74. The Morgan fingerprint density at radius 3 is 2.61 bits per heavy atom. The van der Waals surface area contributed by atoms with E-state index in [0.29, 0.717) is 12.6 Å². The van der Waals surface area contributed by atoms with Crippen LogP contribution in [0, 0.1) is 6.92 Å². The highest BCUT2D eigenvalue weighted by Gasteiger charge is 2.43. The van der Waals surface area contributed by atoms with Gasteiger partial charge >= 0.3 is 0 Å². The fourth-order valence-corrected chi connectivity index (χ4v) is 3.11. The number of nitrogens with two attached hydrogens (primary N) is 1. The molecule has 0 spiro atoms. The molecule has 0 amide bonds. The Labute approximate surface area is 111 Å². The van der Waals surface area contributed by atoms with Gasteiger partial charge in [0.15, 0.2) is 0 Å². The Morgan fingerprint density at radius 1 is 1.44 bits per heavy atom. The van der Waals surface area contributed by atoms with Crippen molar-refractivity contribution in [2.24, 2.45) is 5.73 Å². The highest BCUT2D eigenvalue weighted by Crippen LogP contribution is 2.34. The number of likely N-dealkylation sites (tertiary alicyclic amines) is 1. The molecule has 1 aliphatic heterocycles. The van der Waals surface area contributed by atoms with Crippen molar-refractivity contribution in [3.63, 3.8) is 0 Å². The fraction of sp³-hybridized carbons (Fsp3) is 0.600. The van der Waals surface area contributed by atoms with E-state index in [2.05, 4.69) is 62.0 Å². The largest absolute Gasteiger partial charge is 0.366 e. The van der Waals surface area contributed by atoms with E-state index in [9.17, 15) is 0 Å². The molecule has 1 saturated heterocycles. The minimum atomic E-state index is 0.0697. The van der Waals surface area contributed by atoms with Crippen LogP contribution in [-0.4, -0.2) is 43.7 Å². The van der Waals surface area contributed by atoms with Gasteiger partial charge in [-0.05, 0) is 38.9 Å². The van der Waals surface area contributed by atoms with Gasteiger partial charge in [-0.15, -0.1) is 0 Å². The molecule has 100 valence electrons. The van der Waals surface area contributed by atoms with Crippen molar-refractivity contribution in [1.82, 2.24) is 4.90 Å². The third-order valence-electron chi connectivity index (χ3n) is 4.54. The molecule has 3 heteroatoms. The zero-order chi connectivity index (χ0) is 13.3. The van der Waals surface area contributed by atoms with Crippen LogP contribution in [0.2, 0.25) is 0 Å². The van der Waals surface area contributed by atoms with E-state index in [0.717, 1.165) is 13.0 Å². The maximum atomic E-state index is 6.11. The van der Waals surface area contributed by atoms with Crippen LogP contribution in [0.1, 0.15) is 18.9 Å². The Morgan fingerprint density at radius 2 is 2.11 bits per heavy atom. The summed E-state index contributed by atoms with van der Waals surface area (Å²) in [5.74, 6) is 0. The lowest BCUT2D eigenvalue weighted by molar-refractivity contribution is 0.318. The Hall–Kier alpha value is -1.06. The summed E-state index contributed by atoms with van der Waals surface area (Å²) in [5.41, 5.74) is 8.79. The number of likely N-dealkylation sites (N-methyl/N-ethyl adjacent to an activating group) is 2. The van der Waals surface area contributed by atoms with Crippen LogP contribution in [-0.2, 0) is 0 Å². The molecule has 1 aromatic carbocycles. The van der Waals surface area contributed by atoms with Gasteiger partial charge in [0.2, 0.25) is 0 Å². The summed E-state index contributed by atoms with van der Waals surface area (Å²) in [6.45, 7) is 6.18. The van der Waals surface area contributed by atoms with Crippen LogP contribution in [0.15, 0.2) is 24.3 Å². The fourth-order valence-electron chi connectivity index (χ4n) is 3.11. The van der Waals surface area contributed by atoms with E-state index in [1.807, 2.05) is 0 Å². The summed E-state index contributed by atoms with van der Waals surface area (Å²) in [4.78, 5) is 4.80. The molecule has 0 aromatic heterocycles. The molecule has 0 bridgehead atoms. The summed E-state index contributed by atoms with van der Waals surface area (Å²) in [6, 6.07) is 9.14. The van der Waals surface area contributed by atoms with E-state index < -0.39 is 0 Å². The number of anilines is 1. The van der Waals surface area contributed by atoms with Crippen LogP contribution in [0.3, 0.4) is 0 Å². The monoisotopic (exact) mass is 247 g/mol. The molecule has 1 fully saturated rings. The standard InChI is InChI=1S/C15H25N3/c1-12-7-5-6-8-14(12)18(4)15(10-16)9-13(2)17(3)11-15/h5-8,13H,9-11,16H2,1-4H3. The van der Waals surface area contributed by atoms with Gasteiger partial charge in [-0.1, -0.05) is 18.2 Å². The van der Waals surface area contributed by atoms with Crippen molar-refractivity contribution in [3.8, 4) is 0 Å².